The van der Waals surface area contributed by atoms with E-state index in [0.717, 1.165) is 56.3 Å². The number of carbonyl (C=O) groups is 1. The van der Waals surface area contributed by atoms with Crippen molar-refractivity contribution >= 4 is 28.6 Å². The van der Waals surface area contributed by atoms with Crippen LogP contribution in [0.2, 0.25) is 0 Å². The number of ether oxygens (including phenoxy) is 1. The molecule has 0 radical (unpaired) electrons. The number of halogens is 3. The third-order valence-corrected chi connectivity index (χ3v) is 9.37. The molecule has 3 heterocycles. The molecule has 0 saturated carbocycles. The molecule has 5 rings (SSSR count). The number of fused-ring (bicyclic) bond motifs is 1. The minimum atomic E-state index is -4.45. The Hall–Kier alpha value is -4.31. The molecule has 252 valence electrons. The van der Waals surface area contributed by atoms with E-state index >= 15 is 0 Å². The monoisotopic (exact) mass is 675 g/mol. The standard InChI is InChI=1S/C38H40F3N3O3S/c1-24-8-7-18-42-30(24)17-19-47-28-14-16-32-29(20-28)34(48-36(2,3)4)33(21-37(5,6)35(45)46)44(32)23-25-9-11-26(12-10-25)31-15-13-27(22-43-31)38(39,40)41/h7-16,18,20,22H,17,19,21,23H2,1-6H3,(H,45,46). The molecule has 1 N–H and O–H groups in total. The highest BCUT2D eigenvalue weighted by Crippen LogP contribution is 2.44. The van der Waals surface area contributed by atoms with Crippen LogP contribution >= 0.6 is 11.8 Å². The molecule has 5 aromatic rings. The van der Waals surface area contributed by atoms with Crippen LogP contribution in [0.4, 0.5) is 13.2 Å². The largest absolute Gasteiger partial charge is 0.493 e. The Morgan fingerprint density at radius 3 is 2.29 bits per heavy atom. The molecule has 0 unspecified atom stereocenters. The van der Waals surface area contributed by atoms with Gasteiger partial charge < -0.3 is 14.4 Å². The Morgan fingerprint density at radius 1 is 0.958 bits per heavy atom. The van der Waals surface area contributed by atoms with Gasteiger partial charge in [0.25, 0.3) is 0 Å². The maximum absolute atomic E-state index is 13.0. The molecule has 2 aromatic carbocycles. The van der Waals surface area contributed by atoms with Crippen molar-refractivity contribution < 1.29 is 27.8 Å². The maximum atomic E-state index is 13.0. The SMILES string of the molecule is Cc1cccnc1CCOc1ccc2c(c1)c(SC(C)(C)C)c(CC(C)(C)C(=O)O)n2Cc1ccc(-c2ccc(C(F)(F)F)cn2)cc1. The molecule has 0 amide bonds. The number of thioether (sulfide) groups is 1. The second-order valence-electron chi connectivity index (χ2n) is 13.6. The first-order valence-corrected chi connectivity index (χ1v) is 16.6. The molecule has 0 aliphatic heterocycles. The number of aryl methyl sites for hydroxylation is 1. The number of rotatable bonds is 11. The molecule has 3 aromatic heterocycles. The summed E-state index contributed by atoms with van der Waals surface area (Å²) in [6.07, 6.45) is -0.842. The van der Waals surface area contributed by atoms with Crippen molar-refractivity contribution in [2.24, 2.45) is 5.41 Å². The van der Waals surface area contributed by atoms with Crippen molar-refractivity contribution in [1.29, 1.82) is 0 Å². The number of hydrogen-bond acceptors (Lipinski definition) is 5. The summed E-state index contributed by atoms with van der Waals surface area (Å²) >= 11 is 1.71. The van der Waals surface area contributed by atoms with Gasteiger partial charge in [-0.1, -0.05) is 51.1 Å². The zero-order valence-corrected chi connectivity index (χ0v) is 28.8. The number of pyridine rings is 2. The third-order valence-electron chi connectivity index (χ3n) is 8.09. The molecule has 0 fully saturated rings. The van der Waals surface area contributed by atoms with Crippen LogP contribution in [0.25, 0.3) is 22.2 Å². The van der Waals surface area contributed by atoms with Gasteiger partial charge in [-0.3, -0.25) is 14.8 Å². The molecule has 0 spiro atoms. The fraction of sp³-hybridized carbons (Fsp3) is 0.342. The number of nitrogens with zero attached hydrogens (tertiary/aromatic N) is 3. The zero-order valence-electron chi connectivity index (χ0n) is 28.0. The maximum Gasteiger partial charge on any atom is 0.417 e. The van der Waals surface area contributed by atoms with Gasteiger partial charge >= 0.3 is 12.1 Å². The lowest BCUT2D eigenvalue weighted by atomic mass is 9.88. The summed E-state index contributed by atoms with van der Waals surface area (Å²) in [4.78, 5) is 21.9. The number of carboxylic acids is 1. The smallest absolute Gasteiger partial charge is 0.417 e. The molecule has 0 aliphatic carbocycles. The van der Waals surface area contributed by atoms with Crippen LogP contribution in [-0.2, 0) is 30.4 Å². The Morgan fingerprint density at radius 2 is 1.69 bits per heavy atom. The van der Waals surface area contributed by atoms with E-state index in [-0.39, 0.29) is 4.75 Å². The predicted molar refractivity (Wildman–Crippen MR) is 185 cm³/mol. The zero-order chi connectivity index (χ0) is 34.9. The van der Waals surface area contributed by atoms with E-state index in [1.165, 1.54) is 6.07 Å². The van der Waals surface area contributed by atoms with Crippen LogP contribution in [0, 0.1) is 12.3 Å². The summed E-state index contributed by atoms with van der Waals surface area (Å²) in [5.41, 5.74) is 4.26. The second kappa shape index (κ2) is 13.7. The normalized spacial score (nSPS) is 12.4. The molecule has 0 saturated heterocycles. The predicted octanol–water partition coefficient (Wildman–Crippen LogP) is 9.64. The van der Waals surface area contributed by atoms with Gasteiger partial charge in [-0.05, 0) is 68.3 Å². The fourth-order valence-corrected chi connectivity index (χ4v) is 6.64. The highest BCUT2D eigenvalue weighted by atomic mass is 32.2. The first-order chi connectivity index (χ1) is 22.5. The minimum Gasteiger partial charge on any atom is -0.493 e. The molecular weight excluding hydrogens is 635 g/mol. The summed E-state index contributed by atoms with van der Waals surface area (Å²) < 4.78 is 47.3. The highest BCUT2D eigenvalue weighted by Gasteiger charge is 2.33. The summed E-state index contributed by atoms with van der Waals surface area (Å²) in [6.45, 7) is 12.8. The van der Waals surface area contributed by atoms with Crippen molar-refractivity contribution in [3.63, 3.8) is 0 Å². The number of alkyl halides is 3. The number of hydrogen-bond donors (Lipinski definition) is 1. The van der Waals surface area contributed by atoms with Gasteiger partial charge in [0.2, 0.25) is 0 Å². The highest BCUT2D eigenvalue weighted by molar-refractivity contribution is 8.00. The van der Waals surface area contributed by atoms with Gasteiger partial charge in [-0.15, -0.1) is 11.8 Å². The van der Waals surface area contributed by atoms with Gasteiger partial charge in [0.05, 0.1) is 23.3 Å². The van der Waals surface area contributed by atoms with Crippen LogP contribution in [0.1, 0.15) is 62.7 Å². The van der Waals surface area contributed by atoms with E-state index in [1.54, 1.807) is 31.8 Å². The van der Waals surface area contributed by atoms with Crippen LogP contribution in [-0.4, -0.2) is 37.0 Å². The van der Waals surface area contributed by atoms with Gasteiger partial charge in [-0.25, -0.2) is 0 Å². The fourth-order valence-electron chi connectivity index (χ4n) is 5.46. The molecule has 6 nitrogen and oxygen atoms in total. The van der Waals surface area contributed by atoms with E-state index < -0.39 is 23.1 Å². The Labute approximate surface area is 283 Å². The summed E-state index contributed by atoms with van der Waals surface area (Å²) in [5, 5.41) is 11.1. The number of carboxylic acid groups (broad SMARTS) is 1. The van der Waals surface area contributed by atoms with Gasteiger partial charge in [0.1, 0.15) is 5.75 Å². The Balaban J connectivity index is 1.52. The third kappa shape index (κ3) is 8.21. The Bertz CT molecular complexity index is 1910. The van der Waals surface area contributed by atoms with E-state index in [9.17, 15) is 23.1 Å². The average Bonchev–Trinajstić information content (AvgIpc) is 3.27. The number of benzene rings is 2. The van der Waals surface area contributed by atoms with Gasteiger partial charge in [0, 0.05) is 69.3 Å². The quantitative estimate of drug-likeness (QED) is 0.141. The van der Waals surface area contributed by atoms with Crippen molar-refractivity contribution in [3.05, 3.63) is 107 Å². The molecular formula is C38H40F3N3O3S. The molecule has 0 bridgehead atoms. The molecule has 0 atom stereocenters. The number of aromatic nitrogens is 3. The van der Waals surface area contributed by atoms with Crippen LogP contribution in [0.15, 0.2) is 84.0 Å². The van der Waals surface area contributed by atoms with E-state index in [0.29, 0.717) is 37.3 Å². The van der Waals surface area contributed by atoms with Crippen molar-refractivity contribution in [2.75, 3.05) is 6.61 Å². The second-order valence-corrected chi connectivity index (χ2v) is 15.5. The lowest BCUT2D eigenvalue weighted by molar-refractivity contribution is -0.147. The first kappa shape index (κ1) is 35.0. The van der Waals surface area contributed by atoms with E-state index in [2.05, 4.69) is 35.3 Å². The van der Waals surface area contributed by atoms with Crippen molar-refractivity contribution in [2.45, 2.75) is 76.7 Å². The van der Waals surface area contributed by atoms with Crippen molar-refractivity contribution in [3.8, 4) is 17.0 Å². The van der Waals surface area contributed by atoms with Gasteiger partial charge in [-0.2, -0.15) is 13.2 Å². The van der Waals surface area contributed by atoms with Gasteiger partial charge in [0.15, 0.2) is 0 Å². The topological polar surface area (TPSA) is 77.2 Å². The van der Waals surface area contributed by atoms with Crippen LogP contribution in [0.5, 0.6) is 5.75 Å². The van der Waals surface area contributed by atoms with Crippen molar-refractivity contribution in [1.82, 2.24) is 14.5 Å². The first-order valence-electron chi connectivity index (χ1n) is 15.8. The summed E-state index contributed by atoms with van der Waals surface area (Å²) in [5.74, 6) is -0.158. The van der Waals surface area contributed by atoms with E-state index in [4.69, 9.17) is 4.74 Å². The molecule has 0 aliphatic rings. The molecule has 10 heteroatoms. The lowest BCUT2D eigenvalue weighted by Gasteiger charge is -2.24. The summed E-state index contributed by atoms with van der Waals surface area (Å²) in [7, 11) is 0. The van der Waals surface area contributed by atoms with Crippen LogP contribution < -0.4 is 4.74 Å². The lowest BCUT2D eigenvalue weighted by Crippen LogP contribution is -2.28. The number of aliphatic carboxylic acids is 1. The molecule has 48 heavy (non-hydrogen) atoms. The average molecular weight is 676 g/mol. The van der Waals surface area contributed by atoms with Crippen LogP contribution in [0.3, 0.4) is 0 Å². The summed E-state index contributed by atoms with van der Waals surface area (Å²) in [6, 6.07) is 19.9. The Kier molecular flexibility index (Phi) is 9.97. The van der Waals surface area contributed by atoms with E-state index in [1.807, 2.05) is 61.5 Å². The minimum absolute atomic E-state index is 0.162.